The molecular weight excluding hydrogens is 186 g/mol. The van der Waals surface area contributed by atoms with Crippen molar-refractivity contribution in [1.82, 2.24) is 0 Å². The van der Waals surface area contributed by atoms with Crippen molar-refractivity contribution in [1.29, 1.82) is 0 Å². The second-order valence-corrected chi connectivity index (χ2v) is 3.71. The van der Waals surface area contributed by atoms with Crippen LogP contribution >= 0.6 is 0 Å². The first-order valence-electron chi connectivity index (χ1n) is 4.06. The molecule has 1 rings (SSSR count). The van der Waals surface area contributed by atoms with E-state index in [2.05, 4.69) is 5.16 Å². The molecule has 0 fully saturated rings. The average molecular weight is 197 g/mol. The number of Topliss-reactive ketones (excluding diaryl/α,β-unsaturated/α-hetero) is 1. The summed E-state index contributed by atoms with van der Waals surface area (Å²) in [5, 5.41) is 20.4. The lowest BCUT2D eigenvalue weighted by atomic mass is 9.84. The van der Waals surface area contributed by atoms with Crippen LogP contribution in [0.2, 0.25) is 0 Å². The van der Waals surface area contributed by atoms with Crippen LogP contribution in [0.3, 0.4) is 0 Å². The van der Waals surface area contributed by atoms with Gasteiger partial charge in [-0.25, -0.2) is 4.79 Å². The Balaban J connectivity index is 3.43. The Morgan fingerprint density at radius 1 is 1.43 bits per heavy atom. The minimum atomic E-state index is -1.15. The number of hydrogen-bond donors (Lipinski definition) is 2. The van der Waals surface area contributed by atoms with Crippen LogP contribution in [0.1, 0.15) is 20.8 Å². The fourth-order valence-electron chi connectivity index (χ4n) is 1.76. The second kappa shape index (κ2) is 2.94. The Labute approximate surface area is 80.7 Å². The molecule has 0 atom stereocenters. The summed E-state index contributed by atoms with van der Waals surface area (Å²) >= 11 is 0. The molecule has 0 aromatic carbocycles. The van der Waals surface area contributed by atoms with Crippen molar-refractivity contribution < 1.29 is 19.9 Å². The normalized spacial score (nSPS) is 23.4. The molecule has 2 N–H and O–H groups in total. The Morgan fingerprint density at radius 2 is 1.93 bits per heavy atom. The molecule has 0 unspecified atom stereocenters. The van der Waals surface area contributed by atoms with Crippen LogP contribution in [0.15, 0.2) is 16.3 Å². The molecule has 0 heterocycles. The van der Waals surface area contributed by atoms with Crippen LogP contribution < -0.4 is 0 Å². The standard InChI is InChI=1S/C9H11NO4/c1-4-5(8(12)13)9(2,3)7(10-14)6(4)11/h14H,1-3H3,(H,12,13)/b10-7+. The quantitative estimate of drug-likeness (QED) is 0.481. The number of carbonyl (C=O) groups excluding carboxylic acids is 1. The van der Waals surface area contributed by atoms with Crippen molar-refractivity contribution in [3.63, 3.8) is 0 Å². The highest BCUT2D eigenvalue weighted by atomic mass is 16.4. The molecule has 1 aliphatic rings. The third-order valence-electron chi connectivity index (χ3n) is 2.46. The maximum absolute atomic E-state index is 11.5. The van der Waals surface area contributed by atoms with Gasteiger partial charge in [-0.3, -0.25) is 4.79 Å². The summed E-state index contributed by atoms with van der Waals surface area (Å²) in [4.78, 5) is 22.3. The number of allylic oxidation sites excluding steroid dienone is 1. The zero-order valence-corrected chi connectivity index (χ0v) is 8.16. The fraction of sp³-hybridized carbons (Fsp3) is 0.444. The van der Waals surface area contributed by atoms with Crippen LogP contribution in [-0.4, -0.2) is 27.8 Å². The summed E-state index contributed by atoms with van der Waals surface area (Å²) in [6.07, 6.45) is 0. The van der Waals surface area contributed by atoms with E-state index in [1.807, 2.05) is 0 Å². The summed E-state index contributed by atoms with van der Waals surface area (Å²) in [5.41, 5.74) is -1.01. The number of hydrogen-bond acceptors (Lipinski definition) is 4. The van der Waals surface area contributed by atoms with E-state index in [0.29, 0.717) is 0 Å². The molecule has 0 aliphatic heterocycles. The Kier molecular flexibility index (Phi) is 2.19. The minimum absolute atomic E-state index is 0.00435. The third-order valence-corrected chi connectivity index (χ3v) is 2.46. The molecule has 5 heteroatoms. The molecule has 0 saturated heterocycles. The number of carboxylic acid groups (broad SMARTS) is 1. The molecule has 0 bridgehead atoms. The Hall–Kier alpha value is -1.65. The number of ketones is 1. The predicted molar refractivity (Wildman–Crippen MR) is 48.3 cm³/mol. The van der Waals surface area contributed by atoms with Crippen molar-refractivity contribution in [2.75, 3.05) is 0 Å². The number of nitrogens with zero attached hydrogens (tertiary/aromatic N) is 1. The van der Waals surface area contributed by atoms with Crippen molar-refractivity contribution in [3.05, 3.63) is 11.1 Å². The van der Waals surface area contributed by atoms with Gasteiger partial charge in [-0.2, -0.15) is 0 Å². The molecule has 0 aromatic heterocycles. The summed E-state index contributed by atoms with van der Waals surface area (Å²) in [5.74, 6) is -1.66. The number of rotatable bonds is 1. The Morgan fingerprint density at radius 3 is 2.14 bits per heavy atom. The first-order chi connectivity index (χ1) is 6.34. The van der Waals surface area contributed by atoms with E-state index < -0.39 is 17.2 Å². The smallest absolute Gasteiger partial charge is 0.332 e. The molecule has 5 nitrogen and oxygen atoms in total. The van der Waals surface area contributed by atoms with Gasteiger partial charge in [0.25, 0.3) is 0 Å². The van der Waals surface area contributed by atoms with E-state index in [-0.39, 0.29) is 16.9 Å². The van der Waals surface area contributed by atoms with Crippen LogP contribution in [0.5, 0.6) is 0 Å². The van der Waals surface area contributed by atoms with Crippen molar-refractivity contribution in [2.45, 2.75) is 20.8 Å². The highest BCUT2D eigenvalue weighted by molar-refractivity contribution is 6.52. The predicted octanol–water partition coefficient (Wildman–Crippen LogP) is 0.827. The van der Waals surface area contributed by atoms with Crippen LogP contribution in [0, 0.1) is 5.41 Å². The zero-order valence-electron chi connectivity index (χ0n) is 8.16. The first kappa shape index (κ1) is 10.4. The van der Waals surface area contributed by atoms with Gasteiger partial charge in [0.15, 0.2) is 0 Å². The van der Waals surface area contributed by atoms with E-state index in [9.17, 15) is 9.59 Å². The van der Waals surface area contributed by atoms with E-state index in [4.69, 9.17) is 10.3 Å². The maximum atomic E-state index is 11.5. The third kappa shape index (κ3) is 1.13. The summed E-state index contributed by atoms with van der Waals surface area (Å²) in [6.45, 7) is 4.51. The Bertz CT molecular complexity index is 376. The van der Waals surface area contributed by atoms with Gasteiger partial charge in [-0.15, -0.1) is 0 Å². The van der Waals surface area contributed by atoms with E-state index in [1.165, 1.54) is 6.92 Å². The molecule has 76 valence electrons. The highest BCUT2D eigenvalue weighted by Gasteiger charge is 2.46. The molecule has 0 amide bonds. The van der Waals surface area contributed by atoms with Gasteiger partial charge in [0.2, 0.25) is 5.78 Å². The van der Waals surface area contributed by atoms with Gasteiger partial charge in [0, 0.05) is 11.0 Å². The average Bonchev–Trinajstić information content (AvgIpc) is 2.18. The van der Waals surface area contributed by atoms with Crippen molar-refractivity contribution in [3.8, 4) is 0 Å². The molecule has 0 radical (unpaired) electrons. The van der Waals surface area contributed by atoms with Crippen molar-refractivity contribution in [2.24, 2.45) is 10.6 Å². The minimum Gasteiger partial charge on any atom is -0.478 e. The molecule has 0 spiro atoms. The van der Waals surface area contributed by atoms with E-state index >= 15 is 0 Å². The topological polar surface area (TPSA) is 87.0 Å². The second-order valence-electron chi connectivity index (χ2n) is 3.71. The highest BCUT2D eigenvalue weighted by Crippen LogP contribution is 2.38. The van der Waals surface area contributed by atoms with Gasteiger partial charge in [0.1, 0.15) is 5.71 Å². The largest absolute Gasteiger partial charge is 0.478 e. The molecule has 0 aromatic rings. The summed E-state index contributed by atoms with van der Waals surface area (Å²) in [7, 11) is 0. The van der Waals surface area contributed by atoms with Crippen LogP contribution in [-0.2, 0) is 9.59 Å². The van der Waals surface area contributed by atoms with Gasteiger partial charge in [-0.05, 0) is 20.8 Å². The lowest BCUT2D eigenvalue weighted by Crippen LogP contribution is -2.28. The monoisotopic (exact) mass is 197 g/mol. The van der Waals surface area contributed by atoms with Crippen molar-refractivity contribution >= 4 is 17.5 Å². The van der Waals surface area contributed by atoms with E-state index in [1.54, 1.807) is 13.8 Å². The number of aliphatic carboxylic acids is 1. The zero-order chi connectivity index (χ0) is 11.1. The molecule has 14 heavy (non-hydrogen) atoms. The maximum Gasteiger partial charge on any atom is 0.332 e. The van der Waals surface area contributed by atoms with Gasteiger partial charge in [-0.1, -0.05) is 5.16 Å². The summed E-state index contributed by atoms with van der Waals surface area (Å²) < 4.78 is 0. The van der Waals surface area contributed by atoms with Gasteiger partial charge >= 0.3 is 5.97 Å². The molecular formula is C9H11NO4. The first-order valence-corrected chi connectivity index (χ1v) is 4.06. The van der Waals surface area contributed by atoms with Crippen LogP contribution in [0.25, 0.3) is 0 Å². The number of carbonyl (C=O) groups is 2. The van der Waals surface area contributed by atoms with E-state index in [0.717, 1.165) is 0 Å². The fourth-order valence-corrected chi connectivity index (χ4v) is 1.76. The van der Waals surface area contributed by atoms with Crippen LogP contribution in [0.4, 0.5) is 0 Å². The number of carboxylic acids is 1. The summed E-state index contributed by atoms with van der Waals surface area (Å²) in [6, 6.07) is 0. The van der Waals surface area contributed by atoms with Gasteiger partial charge < -0.3 is 10.3 Å². The number of oxime groups is 1. The molecule has 0 saturated carbocycles. The SMILES string of the molecule is CC1=C(C(=O)O)C(C)(C)/C(=N/O)C1=O. The van der Waals surface area contributed by atoms with Gasteiger partial charge in [0.05, 0.1) is 5.57 Å². The lowest BCUT2D eigenvalue weighted by molar-refractivity contribution is -0.133. The molecule has 1 aliphatic carbocycles. The lowest BCUT2D eigenvalue weighted by Gasteiger charge is -2.18.